The van der Waals surface area contributed by atoms with E-state index in [1.165, 1.54) is 0 Å². The fourth-order valence-electron chi connectivity index (χ4n) is 1.68. The summed E-state index contributed by atoms with van der Waals surface area (Å²) in [4.78, 5) is 35.1. The normalized spacial score (nSPS) is 10.0. The summed E-state index contributed by atoms with van der Waals surface area (Å²) in [7, 11) is 0. The van der Waals surface area contributed by atoms with Crippen LogP contribution in [0.2, 0.25) is 0 Å². The zero-order chi connectivity index (χ0) is 16.3. The highest BCUT2D eigenvalue weighted by Gasteiger charge is 2.21. The maximum absolute atomic E-state index is 12.4. The lowest BCUT2D eigenvalue weighted by Gasteiger charge is -2.07. The molecule has 0 bridgehead atoms. The number of carbonyl (C=O) groups is 2. The van der Waals surface area contributed by atoms with Crippen molar-refractivity contribution in [2.24, 2.45) is 16.5 Å². The van der Waals surface area contributed by atoms with Crippen LogP contribution in [0.25, 0.3) is 0 Å². The second-order valence-electron chi connectivity index (χ2n) is 4.23. The Morgan fingerprint density at radius 3 is 2.09 bits per heavy atom. The van der Waals surface area contributed by atoms with Crippen molar-refractivity contribution in [3.05, 3.63) is 47.3 Å². The topological polar surface area (TPSA) is 176 Å². The summed E-state index contributed by atoms with van der Waals surface area (Å²) in [6.45, 7) is 0. The van der Waals surface area contributed by atoms with Crippen molar-refractivity contribution in [1.29, 1.82) is 0 Å². The number of aliphatic imine (C=N–C) groups is 1. The zero-order valence-electron chi connectivity index (χ0n) is 11.4. The lowest BCUT2D eigenvalue weighted by Crippen LogP contribution is -2.25. The van der Waals surface area contributed by atoms with Crippen LogP contribution in [0.1, 0.15) is 26.5 Å². The minimum Gasteiger partial charge on any atom is -0.382 e. The molecule has 1 amide bonds. The van der Waals surface area contributed by atoms with E-state index in [0.717, 1.165) is 0 Å². The van der Waals surface area contributed by atoms with E-state index in [0.29, 0.717) is 5.56 Å². The Balaban J connectivity index is 2.52. The van der Waals surface area contributed by atoms with Gasteiger partial charge in [0.25, 0.3) is 0 Å². The van der Waals surface area contributed by atoms with Gasteiger partial charge in [-0.1, -0.05) is 30.3 Å². The van der Waals surface area contributed by atoms with E-state index in [1.54, 1.807) is 30.3 Å². The zero-order valence-corrected chi connectivity index (χ0v) is 11.4. The van der Waals surface area contributed by atoms with Crippen LogP contribution in [0.3, 0.4) is 0 Å². The summed E-state index contributed by atoms with van der Waals surface area (Å²) in [6, 6.07) is 8.27. The minimum absolute atomic E-state index is 0.187. The Morgan fingerprint density at radius 1 is 0.909 bits per heavy atom. The highest BCUT2D eigenvalue weighted by molar-refractivity contribution is 6.11. The molecule has 0 aliphatic carbocycles. The molecule has 0 radical (unpaired) electrons. The van der Waals surface area contributed by atoms with Crippen LogP contribution in [-0.4, -0.2) is 27.6 Å². The van der Waals surface area contributed by atoms with Gasteiger partial charge in [-0.15, -0.1) is 0 Å². The summed E-state index contributed by atoms with van der Waals surface area (Å²) < 4.78 is 0. The second-order valence-corrected chi connectivity index (χ2v) is 4.23. The van der Waals surface area contributed by atoms with Gasteiger partial charge in [0, 0.05) is 5.56 Å². The van der Waals surface area contributed by atoms with Gasteiger partial charge in [0.15, 0.2) is 29.0 Å². The van der Waals surface area contributed by atoms with Gasteiger partial charge in [0.2, 0.25) is 5.78 Å². The van der Waals surface area contributed by atoms with Gasteiger partial charge < -0.3 is 22.9 Å². The quantitative estimate of drug-likeness (QED) is 0.326. The Hall–Kier alpha value is -3.49. The lowest BCUT2D eigenvalue weighted by atomic mass is 10.1. The Bertz CT molecular complexity index is 767. The van der Waals surface area contributed by atoms with Crippen molar-refractivity contribution >= 4 is 29.3 Å². The molecule has 9 heteroatoms. The van der Waals surface area contributed by atoms with Crippen LogP contribution < -0.4 is 22.9 Å². The number of nitrogens with two attached hydrogens (primary N) is 4. The molecular weight excluding hydrogens is 286 g/mol. The molecule has 0 atom stereocenters. The Morgan fingerprint density at radius 2 is 1.50 bits per heavy atom. The van der Waals surface area contributed by atoms with Crippen molar-refractivity contribution in [3.63, 3.8) is 0 Å². The molecule has 0 fully saturated rings. The number of nitrogens with zero attached hydrogens (tertiary/aromatic N) is 3. The number of ketones is 1. The fraction of sp³-hybridized carbons (Fsp3) is 0. The molecule has 0 unspecified atom stereocenters. The first kappa shape index (κ1) is 14.9. The average Bonchev–Trinajstić information content (AvgIpc) is 2.46. The third-order valence-corrected chi connectivity index (χ3v) is 2.63. The molecule has 112 valence electrons. The monoisotopic (exact) mass is 299 g/mol. The Labute approximate surface area is 125 Å². The number of carbonyl (C=O) groups excluding carboxylic acids is 2. The molecule has 0 saturated carbocycles. The number of hydrogen-bond acceptors (Lipinski definition) is 6. The molecular formula is C13H13N7O2. The smallest absolute Gasteiger partial charge is 0.302 e. The Kier molecular flexibility index (Phi) is 3.98. The number of anilines is 2. The van der Waals surface area contributed by atoms with E-state index in [9.17, 15) is 9.59 Å². The molecule has 0 spiro atoms. The van der Waals surface area contributed by atoms with E-state index in [4.69, 9.17) is 22.9 Å². The molecule has 22 heavy (non-hydrogen) atoms. The van der Waals surface area contributed by atoms with E-state index in [2.05, 4.69) is 15.0 Å². The number of rotatable bonds is 3. The number of aromatic nitrogens is 2. The van der Waals surface area contributed by atoms with Crippen molar-refractivity contribution in [1.82, 2.24) is 9.97 Å². The van der Waals surface area contributed by atoms with Crippen LogP contribution in [0.4, 0.5) is 11.6 Å². The van der Waals surface area contributed by atoms with Crippen LogP contribution in [0.15, 0.2) is 35.3 Å². The predicted octanol–water partition coefficient (Wildman–Crippen LogP) is -0.714. The molecule has 0 aliphatic heterocycles. The summed E-state index contributed by atoms with van der Waals surface area (Å²) in [5.41, 5.74) is 21.3. The number of amides is 1. The molecule has 1 aromatic heterocycles. The van der Waals surface area contributed by atoms with Crippen LogP contribution in [0, 0.1) is 0 Å². The van der Waals surface area contributed by atoms with Gasteiger partial charge in [-0.2, -0.15) is 4.99 Å². The van der Waals surface area contributed by atoms with Gasteiger partial charge in [-0.25, -0.2) is 9.97 Å². The van der Waals surface area contributed by atoms with Crippen molar-refractivity contribution < 1.29 is 9.59 Å². The molecule has 1 aromatic carbocycles. The van der Waals surface area contributed by atoms with Gasteiger partial charge in [0.1, 0.15) is 0 Å². The number of benzene rings is 1. The van der Waals surface area contributed by atoms with E-state index in [1.807, 2.05) is 0 Å². The third kappa shape index (κ3) is 2.98. The van der Waals surface area contributed by atoms with Crippen LogP contribution >= 0.6 is 0 Å². The average molecular weight is 299 g/mol. The molecule has 2 aromatic rings. The van der Waals surface area contributed by atoms with E-state index in [-0.39, 0.29) is 23.0 Å². The fourth-order valence-corrected chi connectivity index (χ4v) is 1.68. The van der Waals surface area contributed by atoms with Gasteiger partial charge >= 0.3 is 5.91 Å². The van der Waals surface area contributed by atoms with Crippen molar-refractivity contribution in [3.8, 4) is 0 Å². The van der Waals surface area contributed by atoms with Gasteiger partial charge in [-0.3, -0.25) is 9.59 Å². The minimum atomic E-state index is -0.910. The van der Waals surface area contributed by atoms with E-state index >= 15 is 0 Å². The number of nitrogen functional groups attached to an aromatic ring is 2. The highest BCUT2D eigenvalue weighted by Crippen LogP contribution is 2.17. The molecule has 8 N–H and O–H groups in total. The van der Waals surface area contributed by atoms with E-state index < -0.39 is 17.6 Å². The molecule has 2 rings (SSSR count). The van der Waals surface area contributed by atoms with Crippen molar-refractivity contribution in [2.75, 3.05) is 11.5 Å². The first-order valence-corrected chi connectivity index (χ1v) is 6.07. The SMILES string of the molecule is NC(N)=NC(=O)c1nc(C(=O)c2ccccc2)c(N)nc1N. The predicted molar refractivity (Wildman–Crippen MR) is 80.9 cm³/mol. The lowest BCUT2D eigenvalue weighted by molar-refractivity contribution is 0.0998. The third-order valence-electron chi connectivity index (χ3n) is 2.63. The molecule has 0 aliphatic rings. The summed E-state index contributed by atoms with van der Waals surface area (Å²) in [5, 5.41) is 0. The van der Waals surface area contributed by atoms with Gasteiger partial charge in [0.05, 0.1) is 0 Å². The first-order chi connectivity index (χ1) is 10.4. The summed E-state index contributed by atoms with van der Waals surface area (Å²) in [5.74, 6) is -2.32. The largest absolute Gasteiger partial charge is 0.382 e. The molecule has 1 heterocycles. The second kappa shape index (κ2) is 5.87. The number of hydrogen-bond donors (Lipinski definition) is 4. The maximum Gasteiger partial charge on any atom is 0.302 e. The summed E-state index contributed by atoms with van der Waals surface area (Å²) >= 11 is 0. The van der Waals surface area contributed by atoms with Crippen LogP contribution in [0.5, 0.6) is 0 Å². The highest BCUT2D eigenvalue weighted by atomic mass is 16.1. The molecule has 0 saturated heterocycles. The summed E-state index contributed by atoms with van der Waals surface area (Å²) in [6.07, 6.45) is 0. The van der Waals surface area contributed by atoms with Gasteiger partial charge in [-0.05, 0) is 0 Å². The number of guanidine groups is 1. The van der Waals surface area contributed by atoms with Crippen molar-refractivity contribution in [2.45, 2.75) is 0 Å². The van der Waals surface area contributed by atoms with Crippen LogP contribution in [-0.2, 0) is 0 Å². The standard InChI is InChI=1S/C13H13N7O2/c14-10-7(9(21)6-4-2-1-3-5-6)18-8(11(15)19-10)12(22)20-13(16)17/h1-5H,(H4,14,15,19)(H4,16,17,20,22). The maximum atomic E-state index is 12.4. The first-order valence-electron chi connectivity index (χ1n) is 6.07. The molecule has 9 nitrogen and oxygen atoms in total.